The molecule has 0 bridgehead atoms. The van der Waals surface area contributed by atoms with Crippen LogP contribution >= 0.6 is 0 Å². The van der Waals surface area contributed by atoms with Crippen molar-refractivity contribution in [1.29, 1.82) is 0 Å². The minimum absolute atomic E-state index is 0.0445. The first-order valence-corrected chi connectivity index (χ1v) is 8.28. The Balaban J connectivity index is 1.50. The van der Waals surface area contributed by atoms with Gasteiger partial charge in [-0.25, -0.2) is 4.79 Å². The lowest BCUT2D eigenvalue weighted by molar-refractivity contribution is -0.128. The molecule has 5 amide bonds. The molecule has 9 heteroatoms. The van der Waals surface area contributed by atoms with Gasteiger partial charge in [-0.2, -0.15) is 0 Å². The number of urea groups is 1. The highest BCUT2D eigenvalue weighted by molar-refractivity contribution is 6.04. The number of hydrogen-bond acceptors (Lipinski definition) is 5. The minimum atomic E-state index is -0.754. The third-order valence-corrected chi connectivity index (χ3v) is 4.11. The summed E-state index contributed by atoms with van der Waals surface area (Å²) in [7, 11) is 0. The molecule has 1 fully saturated rings. The summed E-state index contributed by atoms with van der Waals surface area (Å²) in [6, 6.07) is 8.21. The Bertz CT molecular complexity index is 860. The van der Waals surface area contributed by atoms with Gasteiger partial charge in [0.1, 0.15) is 11.8 Å². The van der Waals surface area contributed by atoms with E-state index in [1.54, 1.807) is 24.3 Å². The monoisotopic (exact) mass is 370 g/mol. The number of furan rings is 1. The molecule has 0 saturated carbocycles. The lowest BCUT2D eigenvalue weighted by atomic mass is 10.1. The summed E-state index contributed by atoms with van der Waals surface area (Å²) in [5.74, 6) is -0.762. The first kappa shape index (κ1) is 18.2. The SMILES string of the molecule is NC(=O)c1ccc(NC(=O)CC[C@@H]2NC(=O)N(Cc3ccco3)C2=O)cc1. The summed E-state index contributed by atoms with van der Waals surface area (Å²) < 4.78 is 5.15. The summed E-state index contributed by atoms with van der Waals surface area (Å²) in [6.45, 7) is 0.0482. The van der Waals surface area contributed by atoms with Crippen LogP contribution in [0.5, 0.6) is 0 Å². The van der Waals surface area contributed by atoms with E-state index >= 15 is 0 Å². The zero-order chi connectivity index (χ0) is 19.4. The fraction of sp³-hybridized carbons (Fsp3) is 0.222. The highest BCUT2D eigenvalue weighted by atomic mass is 16.3. The summed E-state index contributed by atoms with van der Waals surface area (Å²) >= 11 is 0. The number of nitrogens with one attached hydrogen (secondary N) is 2. The molecule has 0 radical (unpaired) electrons. The molecule has 140 valence electrons. The van der Waals surface area contributed by atoms with Crippen molar-refractivity contribution >= 4 is 29.4 Å². The number of anilines is 1. The number of benzene rings is 1. The van der Waals surface area contributed by atoms with Crippen LogP contribution in [0.2, 0.25) is 0 Å². The van der Waals surface area contributed by atoms with Crippen LogP contribution in [0.15, 0.2) is 47.1 Å². The molecule has 1 aromatic carbocycles. The van der Waals surface area contributed by atoms with Gasteiger partial charge in [-0.1, -0.05) is 0 Å². The van der Waals surface area contributed by atoms with Gasteiger partial charge in [0.05, 0.1) is 12.8 Å². The molecule has 1 aromatic heterocycles. The summed E-state index contributed by atoms with van der Waals surface area (Å²) in [4.78, 5) is 48.4. The van der Waals surface area contributed by atoms with Crippen LogP contribution in [0, 0.1) is 0 Å². The molecule has 27 heavy (non-hydrogen) atoms. The first-order valence-electron chi connectivity index (χ1n) is 8.28. The van der Waals surface area contributed by atoms with E-state index in [1.165, 1.54) is 18.4 Å². The van der Waals surface area contributed by atoms with E-state index in [4.69, 9.17) is 10.2 Å². The lowest BCUT2D eigenvalue weighted by Crippen LogP contribution is -2.31. The van der Waals surface area contributed by atoms with E-state index in [2.05, 4.69) is 10.6 Å². The molecule has 0 spiro atoms. The topological polar surface area (TPSA) is 135 Å². The third kappa shape index (κ3) is 4.32. The Hall–Kier alpha value is -3.62. The molecule has 1 aliphatic heterocycles. The Morgan fingerprint density at radius 1 is 1.19 bits per heavy atom. The molecular weight excluding hydrogens is 352 g/mol. The average Bonchev–Trinajstić information content (AvgIpc) is 3.24. The van der Waals surface area contributed by atoms with Crippen LogP contribution in [0.25, 0.3) is 0 Å². The summed E-state index contributed by atoms with van der Waals surface area (Å²) in [6.07, 6.45) is 1.68. The number of carbonyl (C=O) groups is 4. The van der Waals surface area contributed by atoms with Gasteiger partial charge in [0.25, 0.3) is 5.91 Å². The van der Waals surface area contributed by atoms with Crippen molar-refractivity contribution < 1.29 is 23.6 Å². The molecule has 3 rings (SSSR count). The van der Waals surface area contributed by atoms with Crippen LogP contribution in [-0.2, 0) is 16.1 Å². The van der Waals surface area contributed by atoms with E-state index in [9.17, 15) is 19.2 Å². The fourth-order valence-electron chi connectivity index (χ4n) is 2.70. The van der Waals surface area contributed by atoms with Gasteiger partial charge < -0.3 is 20.8 Å². The highest BCUT2D eigenvalue weighted by Crippen LogP contribution is 2.16. The lowest BCUT2D eigenvalue weighted by Gasteiger charge is -2.11. The largest absolute Gasteiger partial charge is 0.467 e. The van der Waals surface area contributed by atoms with Crippen molar-refractivity contribution in [3.05, 3.63) is 54.0 Å². The predicted molar refractivity (Wildman–Crippen MR) is 94.4 cm³/mol. The fourth-order valence-corrected chi connectivity index (χ4v) is 2.70. The van der Waals surface area contributed by atoms with Gasteiger partial charge in [-0.15, -0.1) is 0 Å². The maximum atomic E-state index is 12.3. The van der Waals surface area contributed by atoms with Crippen molar-refractivity contribution in [2.45, 2.75) is 25.4 Å². The van der Waals surface area contributed by atoms with Crippen LogP contribution in [0.1, 0.15) is 29.0 Å². The number of nitrogens with zero attached hydrogens (tertiary/aromatic N) is 1. The quantitative estimate of drug-likeness (QED) is 0.630. The molecule has 0 aliphatic carbocycles. The Morgan fingerprint density at radius 3 is 2.56 bits per heavy atom. The molecule has 1 aliphatic rings. The maximum absolute atomic E-state index is 12.3. The Labute approximate surface area is 154 Å². The van der Waals surface area contributed by atoms with Crippen LogP contribution in [0.4, 0.5) is 10.5 Å². The molecule has 0 unspecified atom stereocenters. The molecule has 4 N–H and O–H groups in total. The first-order chi connectivity index (χ1) is 12.9. The number of nitrogens with two attached hydrogens (primary N) is 1. The standard InChI is InChI=1S/C18H18N4O5/c19-16(24)11-3-5-12(6-4-11)20-15(23)8-7-14-17(25)22(18(26)21-14)10-13-2-1-9-27-13/h1-6,9,14H,7-8,10H2,(H2,19,24)(H,20,23)(H,21,26)/t14-/m0/s1. The zero-order valence-electron chi connectivity index (χ0n) is 14.3. The smallest absolute Gasteiger partial charge is 0.325 e. The predicted octanol–water partition coefficient (Wildman–Crippen LogP) is 1.22. The van der Waals surface area contributed by atoms with Crippen LogP contribution in [0.3, 0.4) is 0 Å². The van der Waals surface area contributed by atoms with Crippen molar-refractivity contribution in [1.82, 2.24) is 10.2 Å². The van der Waals surface area contributed by atoms with Crippen molar-refractivity contribution in [2.24, 2.45) is 5.73 Å². The zero-order valence-corrected chi connectivity index (χ0v) is 14.3. The third-order valence-electron chi connectivity index (χ3n) is 4.11. The number of primary amides is 1. The number of hydrogen-bond donors (Lipinski definition) is 3. The van der Waals surface area contributed by atoms with Gasteiger partial charge in [0.2, 0.25) is 11.8 Å². The minimum Gasteiger partial charge on any atom is -0.467 e. The van der Waals surface area contributed by atoms with E-state index < -0.39 is 23.9 Å². The van der Waals surface area contributed by atoms with Gasteiger partial charge in [-0.3, -0.25) is 19.3 Å². The Kier molecular flexibility index (Phi) is 5.20. The van der Waals surface area contributed by atoms with E-state index in [0.717, 1.165) is 4.90 Å². The van der Waals surface area contributed by atoms with Crippen molar-refractivity contribution in [3.8, 4) is 0 Å². The average molecular weight is 370 g/mol. The van der Waals surface area contributed by atoms with E-state index in [1.807, 2.05) is 0 Å². The molecule has 1 saturated heterocycles. The second kappa shape index (κ2) is 7.73. The molecule has 2 heterocycles. The second-order valence-electron chi connectivity index (χ2n) is 6.03. The number of imide groups is 1. The molecular formula is C18H18N4O5. The number of carbonyl (C=O) groups excluding carboxylic acids is 4. The van der Waals surface area contributed by atoms with Gasteiger partial charge >= 0.3 is 6.03 Å². The van der Waals surface area contributed by atoms with Crippen molar-refractivity contribution in [3.63, 3.8) is 0 Å². The number of amides is 5. The molecule has 2 aromatic rings. The van der Waals surface area contributed by atoms with Crippen LogP contribution < -0.4 is 16.4 Å². The summed E-state index contributed by atoms with van der Waals surface area (Å²) in [5.41, 5.74) is 6.00. The van der Waals surface area contributed by atoms with E-state index in [0.29, 0.717) is 17.0 Å². The number of rotatable bonds is 7. The van der Waals surface area contributed by atoms with Crippen molar-refractivity contribution in [2.75, 3.05) is 5.32 Å². The van der Waals surface area contributed by atoms with Gasteiger partial charge in [0, 0.05) is 17.7 Å². The Morgan fingerprint density at radius 2 is 1.93 bits per heavy atom. The summed E-state index contributed by atoms with van der Waals surface area (Å²) in [5, 5.41) is 5.23. The highest BCUT2D eigenvalue weighted by Gasteiger charge is 2.38. The van der Waals surface area contributed by atoms with Crippen LogP contribution in [-0.4, -0.2) is 34.7 Å². The van der Waals surface area contributed by atoms with E-state index in [-0.39, 0.29) is 25.3 Å². The normalized spacial score (nSPS) is 16.3. The second-order valence-corrected chi connectivity index (χ2v) is 6.03. The van der Waals surface area contributed by atoms with Gasteiger partial charge in [-0.05, 0) is 42.8 Å². The molecule has 1 atom stereocenters. The maximum Gasteiger partial charge on any atom is 0.325 e. The molecule has 9 nitrogen and oxygen atoms in total. The van der Waals surface area contributed by atoms with Gasteiger partial charge in [0.15, 0.2) is 0 Å².